The third-order valence-corrected chi connectivity index (χ3v) is 3.84. The van der Waals surface area contributed by atoms with E-state index < -0.39 is 11.9 Å². The Hall–Kier alpha value is -2.73. The lowest BCUT2D eigenvalue weighted by Crippen LogP contribution is -2.06. The molecule has 120 valence electrons. The van der Waals surface area contributed by atoms with Crippen molar-refractivity contribution >= 4 is 39.8 Å². The standard InChI is InChI=1S/C18H12BrNO4/c1-23-17(21)14-8-3-2-5-11(14)10-15-18(22)24-16(20-15)12-6-4-7-13(19)9-12/h2-10H,1H3/b15-10-. The summed E-state index contributed by atoms with van der Waals surface area (Å²) >= 11 is 3.37. The lowest BCUT2D eigenvalue weighted by Gasteiger charge is -2.03. The molecule has 0 radical (unpaired) electrons. The van der Waals surface area contributed by atoms with E-state index in [1.54, 1.807) is 36.4 Å². The quantitative estimate of drug-likeness (QED) is 0.598. The molecule has 0 aliphatic carbocycles. The van der Waals surface area contributed by atoms with Crippen molar-refractivity contribution in [3.63, 3.8) is 0 Å². The number of carbonyl (C=O) groups excluding carboxylic acids is 2. The van der Waals surface area contributed by atoms with Gasteiger partial charge in [0.1, 0.15) is 0 Å². The topological polar surface area (TPSA) is 65.0 Å². The summed E-state index contributed by atoms with van der Waals surface area (Å²) in [7, 11) is 1.31. The molecule has 0 bridgehead atoms. The van der Waals surface area contributed by atoms with Gasteiger partial charge in [-0.05, 0) is 35.9 Å². The predicted molar refractivity (Wildman–Crippen MR) is 92.5 cm³/mol. The van der Waals surface area contributed by atoms with Gasteiger partial charge in [0.2, 0.25) is 5.90 Å². The van der Waals surface area contributed by atoms with E-state index in [2.05, 4.69) is 20.9 Å². The van der Waals surface area contributed by atoms with E-state index >= 15 is 0 Å². The first kappa shape index (κ1) is 16.1. The minimum atomic E-state index is -0.565. The molecule has 0 atom stereocenters. The molecule has 1 heterocycles. The van der Waals surface area contributed by atoms with Crippen LogP contribution < -0.4 is 0 Å². The second kappa shape index (κ2) is 6.80. The second-order valence-corrected chi connectivity index (χ2v) is 5.84. The molecular formula is C18H12BrNO4. The van der Waals surface area contributed by atoms with Crippen LogP contribution in [0.15, 0.2) is 63.7 Å². The Morgan fingerprint density at radius 2 is 2.00 bits per heavy atom. The number of ether oxygens (including phenoxy) is 2. The molecule has 6 heteroatoms. The number of hydrogen-bond donors (Lipinski definition) is 0. The van der Waals surface area contributed by atoms with Crippen LogP contribution in [0.4, 0.5) is 0 Å². The number of carbonyl (C=O) groups is 2. The summed E-state index contributed by atoms with van der Waals surface area (Å²) in [5.74, 6) is -0.822. The highest BCUT2D eigenvalue weighted by Gasteiger charge is 2.25. The molecule has 0 saturated carbocycles. The first-order valence-corrected chi connectivity index (χ1v) is 7.83. The van der Waals surface area contributed by atoms with Gasteiger partial charge in [-0.2, -0.15) is 0 Å². The Morgan fingerprint density at radius 3 is 2.75 bits per heavy atom. The summed E-state index contributed by atoms with van der Waals surface area (Å²) in [6.07, 6.45) is 1.51. The zero-order valence-electron chi connectivity index (χ0n) is 12.7. The summed E-state index contributed by atoms with van der Waals surface area (Å²) in [6.45, 7) is 0. The molecule has 5 nitrogen and oxygen atoms in total. The van der Waals surface area contributed by atoms with Crippen LogP contribution in [0.2, 0.25) is 0 Å². The number of aliphatic imine (C=N–C) groups is 1. The lowest BCUT2D eigenvalue weighted by molar-refractivity contribution is -0.129. The van der Waals surface area contributed by atoms with Crippen molar-refractivity contribution in [3.05, 3.63) is 75.4 Å². The summed E-state index contributed by atoms with van der Waals surface area (Å²) in [4.78, 5) is 28.1. The van der Waals surface area contributed by atoms with E-state index in [4.69, 9.17) is 9.47 Å². The number of hydrogen-bond acceptors (Lipinski definition) is 5. The van der Waals surface area contributed by atoms with E-state index in [0.29, 0.717) is 16.7 Å². The highest BCUT2D eigenvalue weighted by Crippen LogP contribution is 2.22. The third-order valence-electron chi connectivity index (χ3n) is 3.35. The van der Waals surface area contributed by atoms with Gasteiger partial charge in [0, 0.05) is 10.0 Å². The largest absolute Gasteiger partial charge is 0.465 e. The molecular weight excluding hydrogens is 374 g/mol. The normalized spacial score (nSPS) is 15.2. The molecule has 0 aromatic heterocycles. The lowest BCUT2D eigenvalue weighted by atomic mass is 10.1. The van der Waals surface area contributed by atoms with Crippen LogP contribution in [0.1, 0.15) is 21.5 Å². The van der Waals surface area contributed by atoms with Crippen LogP contribution in [-0.4, -0.2) is 24.9 Å². The Labute approximate surface area is 146 Å². The van der Waals surface area contributed by atoms with Crippen molar-refractivity contribution in [1.29, 1.82) is 0 Å². The fraction of sp³-hybridized carbons (Fsp3) is 0.0556. The van der Waals surface area contributed by atoms with E-state index in [9.17, 15) is 9.59 Å². The van der Waals surface area contributed by atoms with Crippen molar-refractivity contribution in [2.75, 3.05) is 7.11 Å². The maximum Gasteiger partial charge on any atom is 0.363 e. The van der Waals surface area contributed by atoms with Crippen LogP contribution in [0, 0.1) is 0 Å². The van der Waals surface area contributed by atoms with Crippen molar-refractivity contribution in [2.45, 2.75) is 0 Å². The molecule has 0 saturated heterocycles. The summed E-state index contributed by atoms with van der Waals surface area (Å²) < 4.78 is 10.8. The van der Waals surface area contributed by atoms with Gasteiger partial charge in [-0.25, -0.2) is 14.6 Å². The number of methoxy groups -OCH3 is 1. The SMILES string of the molecule is COC(=O)c1ccccc1/C=C1\N=C(c2cccc(Br)c2)OC1=O. The predicted octanol–water partition coefficient (Wildman–Crippen LogP) is 3.58. The number of halogens is 1. The molecule has 24 heavy (non-hydrogen) atoms. The molecule has 3 rings (SSSR count). The van der Waals surface area contributed by atoms with Gasteiger partial charge in [0.25, 0.3) is 0 Å². The molecule has 0 unspecified atom stereocenters. The van der Waals surface area contributed by atoms with Crippen LogP contribution >= 0.6 is 15.9 Å². The first-order valence-electron chi connectivity index (χ1n) is 7.04. The van der Waals surface area contributed by atoms with Gasteiger partial charge in [-0.3, -0.25) is 0 Å². The number of nitrogens with zero attached hydrogens (tertiary/aromatic N) is 1. The molecule has 0 fully saturated rings. The zero-order chi connectivity index (χ0) is 17.1. The van der Waals surface area contributed by atoms with Crippen LogP contribution in [-0.2, 0) is 14.3 Å². The summed E-state index contributed by atoms with van der Waals surface area (Å²) in [5, 5.41) is 0. The Morgan fingerprint density at radius 1 is 1.21 bits per heavy atom. The minimum Gasteiger partial charge on any atom is -0.465 e. The van der Waals surface area contributed by atoms with E-state index in [1.165, 1.54) is 13.2 Å². The highest BCUT2D eigenvalue weighted by molar-refractivity contribution is 9.10. The van der Waals surface area contributed by atoms with Gasteiger partial charge >= 0.3 is 11.9 Å². The summed E-state index contributed by atoms with van der Waals surface area (Å²) in [6, 6.07) is 14.1. The Balaban J connectivity index is 1.99. The van der Waals surface area contributed by atoms with Gasteiger partial charge in [0.05, 0.1) is 12.7 Å². The van der Waals surface area contributed by atoms with Crippen molar-refractivity contribution < 1.29 is 19.1 Å². The van der Waals surface area contributed by atoms with E-state index in [1.807, 2.05) is 12.1 Å². The fourth-order valence-corrected chi connectivity index (χ4v) is 2.62. The number of benzene rings is 2. The highest BCUT2D eigenvalue weighted by atomic mass is 79.9. The molecule has 0 N–H and O–H groups in total. The fourth-order valence-electron chi connectivity index (χ4n) is 2.22. The van der Waals surface area contributed by atoms with Crippen LogP contribution in [0.25, 0.3) is 6.08 Å². The molecule has 1 aliphatic heterocycles. The monoisotopic (exact) mass is 385 g/mol. The third kappa shape index (κ3) is 3.28. The smallest absolute Gasteiger partial charge is 0.363 e. The number of esters is 2. The maximum absolute atomic E-state index is 12.1. The van der Waals surface area contributed by atoms with Crippen LogP contribution in [0.3, 0.4) is 0 Å². The van der Waals surface area contributed by atoms with Crippen molar-refractivity contribution in [2.24, 2.45) is 4.99 Å². The second-order valence-electron chi connectivity index (χ2n) is 4.93. The van der Waals surface area contributed by atoms with E-state index in [-0.39, 0.29) is 11.6 Å². The molecule has 0 amide bonds. The Bertz CT molecular complexity index is 886. The van der Waals surface area contributed by atoms with Gasteiger partial charge < -0.3 is 9.47 Å². The summed E-state index contributed by atoms with van der Waals surface area (Å²) in [5.41, 5.74) is 1.70. The number of cyclic esters (lactones) is 1. The molecule has 2 aromatic carbocycles. The van der Waals surface area contributed by atoms with Crippen molar-refractivity contribution in [3.8, 4) is 0 Å². The molecule has 2 aromatic rings. The van der Waals surface area contributed by atoms with Gasteiger partial charge in [0.15, 0.2) is 5.70 Å². The van der Waals surface area contributed by atoms with E-state index in [0.717, 1.165) is 4.47 Å². The Kier molecular flexibility index (Phi) is 4.57. The van der Waals surface area contributed by atoms with Gasteiger partial charge in [-0.1, -0.05) is 40.2 Å². The zero-order valence-corrected chi connectivity index (χ0v) is 14.2. The minimum absolute atomic E-state index is 0.126. The van der Waals surface area contributed by atoms with Crippen molar-refractivity contribution in [1.82, 2.24) is 0 Å². The molecule has 0 spiro atoms. The van der Waals surface area contributed by atoms with Crippen LogP contribution in [0.5, 0.6) is 0 Å². The van der Waals surface area contributed by atoms with Gasteiger partial charge in [-0.15, -0.1) is 0 Å². The molecule has 1 aliphatic rings. The average molecular weight is 386 g/mol. The number of rotatable bonds is 3. The average Bonchev–Trinajstić information content (AvgIpc) is 2.95. The maximum atomic E-state index is 12.1. The first-order chi connectivity index (χ1) is 11.6.